The van der Waals surface area contributed by atoms with E-state index in [-0.39, 0.29) is 18.4 Å². The van der Waals surface area contributed by atoms with Crippen LogP contribution >= 0.6 is 15.9 Å². The molecular weight excluding hydrogens is 284 g/mol. The number of benzene rings is 1. The standard InChI is InChI=1S/C12H15BrN2O2/c1-3-15(8-11(16)14-2)12(17)9-5-4-6-10(13)7-9/h4-7H,3,8H2,1-2H3,(H,14,16). The van der Waals surface area contributed by atoms with Gasteiger partial charge in [0.05, 0.1) is 6.54 Å². The molecule has 1 N–H and O–H groups in total. The third-order valence-electron chi connectivity index (χ3n) is 2.35. The van der Waals surface area contributed by atoms with Gasteiger partial charge in [-0.25, -0.2) is 0 Å². The normalized spacial score (nSPS) is 9.82. The second kappa shape index (κ2) is 6.39. The summed E-state index contributed by atoms with van der Waals surface area (Å²) in [5.41, 5.74) is 0.574. The topological polar surface area (TPSA) is 49.4 Å². The van der Waals surface area contributed by atoms with Crippen molar-refractivity contribution in [2.45, 2.75) is 6.92 Å². The van der Waals surface area contributed by atoms with Gasteiger partial charge >= 0.3 is 0 Å². The van der Waals surface area contributed by atoms with Crippen LogP contribution in [0.2, 0.25) is 0 Å². The lowest BCUT2D eigenvalue weighted by molar-refractivity contribution is -0.121. The molecule has 5 heteroatoms. The van der Waals surface area contributed by atoms with Gasteiger partial charge in [0.1, 0.15) is 0 Å². The van der Waals surface area contributed by atoms with Gasteiger partial charge < -0.3 is 10.2 Å². The molecule has 92 valence electrons. The van der Waals surface area contributed by atoms with Gasteiger partial charge in [0.2, 0.25) is 5.91 Å². The Morgan fingerprint density at radius 3 is 2.65 bits per heavy atom. The molecule has 1 aromatic rings. The Bertz CT molecular complexity index is 421. The molecule has 17 heavy (non-hydrogen) atoms. The van der Waals surface area contributed by atoms with E-state index in [2.05, 4.69) is 21.2 Å². The number of likely N-dealkylation sites (N-methyl/N-ethyl adjacent to an activating group) is 2. The van der Waals surface area contributed by atoms with Gasteiger partial charge in [-0.15, -0.1) is 0 Å². The number of amides is 2. The van der Waals surface area contributed by atoms with E-state index >= 15 is 0 Å². The van der Waals surface area contributed by atoms with E-state index in [1.54, 1.807) is 25.2 Å². The molecule has 0 saturated carbocycles. The van der Waals surface area contributed by atoms with Gasteiger partial charge in [-0.1, -0.05) is 22.0 Å². The van der Waals surface area contributed by atoms with Crippen molar-refractivity contribution >= 4 is 27.7 Å². The lowest BCUT2D eigenvalue weighted by atomic mass is 10.2. The van der Waals surface area contributed by atoms with Crippen molar-refractivity contribution in [3.05, 3.63) is 34.3 Å². The average molecular weight is 299 g/mol. The predicted octanol–water partition coefficient (Wildman–Crippen LogP) is 1.66. The van der Waals surface area contributed by atoms with E-state index in [9.17, 15) is 9.59 Å². The molecule has 0 bridgehead atoms. The summed E-state index contributed by atoms with van der Waals surface area (Å²) in [7, 11) is 1.56. The highest BCUT2D eigenvalue weighted by atomic mass is 79.9. The van der Waals surface area contributed by atoms with Crippen LogP contribution in [0.25, 0.3) is 0 Å². The minimum absolute atomic E-state index is 0.0817. The quantitative estimate of drug-likeness (QED) is 0.919. The van der Waals surface area contributed by atoms with Gasteiger partial charge in [-0.2, -0.15) is 0 Å². The lowest BCUT2D eigenvalue weighted by Gasteiger charge is -2.19. The van der Waals surface area contributed by atoms with Gasteiger partial charge in [0, 0.05) is 23.6 Å². The molecular formula is C12H15BrN2O2. The van der Waals surface area contributed by atoms with Crippen LogP contribution in [0, 0.1) is 0 Å². The third kappa shape index (κ3) is 3.85. The maximum absolute atomic E-state index is 12.1. The van der Waals surface area contributed by atoms with Crippen LogP contribution in [0.15, 0.2) is 28.7 Å². The Hall–Kier alpha value is -1.36. The van der Waals surface area contributed by atoms with Crippen molar-refractivity contribution < 1.29 is 9.59 Å². The smallest absolute Gasteiger partial charge is 0.254 e. The van der Waals surface area contributed by atoms with Crippen molar-refractivity contribution in [3.63, 3.8) is 0 Å². The highest BCUT2D eigenvalue weighted by molar-refractivity contribution is 9.10. The summed E-state index contributed by atoms with van der Waals surface area (Å²) < 4.78 is 0.847. The number of carbonyl (C=O) groups excluding carboxylic acids is 2. The number of hydrogen-bond donors (Lipinski definition) is 1. The van der Waals surface area contributed by atoms with E-state index in [1.165, 1.54) is 4.90 Å². The van der Waals surface area contributed by atoms with Crippen molar-refractivity contribution in [2.75, 3.05) is 20.1 Å². The van der Waals surface area contributed by atoms with Crippen molar-refractivity contribution in [1.82, 2.24) is 10.2 Å². The van der Waals surface area contributed by atoms with Crippen LogP contribution in [-0.2, 0) is 4.79 Å². The molecule has 2 amide bonds. The lowest BCUT2D eigenvalue weighted by Crippen LogP contribution is -2.39. The van der Waals surface area contributed by atoms with Gasteiger partial charge in [0.15, 0.2) is 0 Å². The van der Waals surface area contributed by atoms with Crippen LogP contribution in [0.3, 0.4) is 0 Å². The number of halogens is 1. The SMILES string of the molecule is CCN(CC(=O)NC)C(=O)c1cccc(Br)c1. The number of nitrogens with zero attached hydrogens (tertiary/aromatic N) is 1. The third-order valence-corrected chi connectivity index (χ3v) is 2.85. The summed E-state index contributed by atoms with van der Waals surface area (Å²) in [6.45, 7) is 2.43. The molecule has 1 rings (SSSR count). The van der Waals surface area contributed by atoms with E-state index in [1.807, 2.05) is 13.0 Å². The first-order valence-electron chi connectivity index (χ1n) is 5.34. The molecule has 4 nitrogen and oxygen atoms in total. The van der Waals surface area contributed by atoms with Crippen molar-refractivity contribution in [3.8, 4) is 0 Å². The molecule has 0 aliphatic heterocycles. The summed E-state index contributed by atoms with van der Waals surface area (Å²) in [6.07, 6.45) is 0. The molecule has 0 radical (unpaired) electrons. The Labute approximate surface area is 109 Å². The fourth-order valence-corrected chi connectivity index (χ4v) is 1.78. The van der Waals surface area contributed by atoms with Crippen LogP contribution in [0.5, 0.6) is 0 Å². The maximum atomic E-state index is 12.1. The van der Waals surface area contributed by atoms with E-state index < -0.39 is 0 Å². The minimum Gasteiger partial charge on any atom is -0.358 e. The number of rotatable bonds is 4. The van der Waals surface area contributed by atoms with Crippen LogP contribution in [0.4, 0.5) is 0 Å². The van der Waals surface area contributed by atoms with E-state index in [0.29, 0.717) is 12.1 Å². The molecule has 0 aliphatic rings. The summed E-state index contributed by atoms with van der Waals surface area (Å²) in [4.78, 5) is 24.9. The molecule has 0 heterocycles. The van der Waals surface area contributed by atoms with Crippen molar-refractivity contribution in [1.29, 1.82) is 0 Å². The Balaban J connectivity index is 2.82. The van der Waals surface area contributed by atoms with E-state index in [4.69, 9.17) is 0 Å². The molecule has 0 atom stereocenters. The number of carbonyl (C=O) groups is 2. The number of nitrogens with one attached hydrogen (secondary N) is 1. The van der Waals surface area contributed by atoms with Gasteiger partial charge in [-0.05, 0) is 25.1 Å². The molecule has 0 aliphatic carbocycles. The predicted molar refractivity (Wildman–Crippen MR) is 69.8 cm³/mol. The molecule has 1 aromatic carbocycles. The summed E-state index contributed by atoms with van der Waals surface area (Å²) in [5.74, 6) is -0.312. The van der Waals surface area contributed by atoms with Crippen LogP contribution < -0.4 is 5.32 Å². The average Bonchev–Trinajstić information content (AvgIpc) is 2.34. The fraction of sp³-hybridized carbons (Fsp3) is 0.333. The first-order chi connectivity index (χ1) is 8.08. The molecule has 0 aromatic heterocycles. The zero-order valence-electron chi connectivity index (χ0n) is 9.87. The summed E-state index contributed by atoms with van der Waals surface area (Å²) in [6, 6.07) is 7.13. The first kappa shape index (κ1) is 13.7. The summed E-state index contributed by atoms with van der Waals surface area (Å²) >= 11 is 3.32. The highest BCUT2D eigenvalue weighted by Gasteiger charge is 2.16. The fourth-order valence-electron chi connectivity index (χ4n) is 1.38. The second-order valence-electron chi connectivity index (χ2n) is 3.50. The zero-order chi connectivity index (χ0) is 12.8. The molecule has 0 spiro atoms. The minimum atomic E-state index is -0.171. The van der Waals surface area contributed by atoms with Crippen LogP contribution in [-0.4, -0.2) is 36.9 Å². The zero-order valence-corrected chi connectivity index (χ0v) is 11.5. The van der Waals surface area contributed by atoms with E-state index in [0.717, 1.165) is 4.47 Å². The first-order valence-corrected chi connectivity index (χ1v) is 6.13. The Kier molecular flexibility index (Phi) is 5.15. The largest absolute Gasteiger partial charge is 0.358 e. The van der Waals surface area contributed by atoms with Gasteiger partial charge in [-0.3, -0.25) is 9.59 Å². The second-order valence-corrected chi connectivity index (χ2v) is 4.42. The Morgan fingerprint density at radius 2 is 2.12 bits per heavy atom. The highest BCUT2D eigenvalue weighted by Crippen LogP contribution is 2.13. The van der Waals surface area contributed by atoms with Gasteiger partial charge in [0.25, 0.3) is 5.91 Å². The van der Waals surface area contributed by atoms with Crippen molar-refractivity contribution in [2.24, 2.45) is 0 Å². The number of hydrogen-bond acceptors (Lipinski definition) is 2. The molecule has 0 saturated heterocycles. The maximum Gasteiger partial charge on any atom is 0.254 e. The Morgan fingerprint density at radius 1 is 1.41 bits per heavy atom. The summed E-state index contributed by atoms with van der Waals surface area (Å²) in [5, 5.41) is 2.51. The monoisotopic (exact) mass is 298 g/mol. The molecule has 0 unspecified atom stereocenters. The molecule has 0 fully saturated rings. The van der Waals surface area contributed by atoms with Crippen LogP contribution in [0.1, 0.15) is 17.3 Å².